The second-order valence-electron chi connectivity index (χ2n) is 6.25. The molecule has 6 nitrogen and oxygen atoms in total. The number of furan rings is 1. The minimum absolute atomic E-state index is 0.0921. The molecule has 1 aromatic carbocycles. The summed E-state index contributed by atoms with van der Waals surface area (Å²) in [6.45, 7) is 0. The monoisotopic (exact) mass is 362 g/mol. The van der Waals surface area contributed by atoms with Gasteiger partial charge in [0.1, 0.15) is 21.4 Å². The van der Waals surface area contributed by atoms with Crippen LogP contribution in [0.15, 0.2) is 58.3 Å². The maximum atomic E-state index is 13.1. The Kier molecular flexibility index (Phi) is 3.14. The fourth-order valence-corrected chi connectivity index (χ4v) is 4.24. The van der Waals surface area contributed by atoms with Gasteiger partial charge in [-0.2, -0.15) is 0 Å². The van der Waals surface area contributed by atoms with Crippen LogP contribution >= 0.6 is 11.3 Å². The zero-order valence-corrected chi connectivity index (χ0v) is 14.9. The Balaban J connectivity index is 1.81. The Hall–Kier alpha value is -3.19. The molecule has 4 heterocycles. The molecule has 0 amide bonds. The van der Waals surface area contributed by atoms with Crippen LogP contribution in [0.4, 0.5) is 5.69 Å². The second-order valence-corrected chi connectivity index (χ2v) is 7.25. The molecule has 0 radical (unpaired) electrons. The Morgan fingerprint density at radius 2 is 2.04 bits per heavy atom. The molecule has 5 rings (SSSR count). The van der Waals surface area contributed by atoms with Gasteiger partial charge >= 0.3 is 0 Å². The van der Waals surface area contributed by atoms with E-state index in [1.54, 1.807) is 23.4 Å². The Morgan fingerprint density at radius 1 is 1.15 bits per heavy atom. The molecule has 0 unspecified atom stereocenters. The largest absolute Gasteiger partial charge is 0.464 e. The van der Waals surface area contributed by atoms with Crippen molar-refractivity contribution in [3.05, 3.63) is 59.5 Å². The third kappa shape index (κ3) is 2.07. The highest BCUT2D eigenvalue weighted by atomic mass is 32.1. The van der Waals surface area contributed by atoms with E-state index in [2.05, 4.69) is 9.97 Å². The van der Waals surface area contributed by atoms with Gasteiger partial charge in [-0.05, 0) is 30.3 Å². The summed E-state index contributed by atoms with van der Waals surface area (Å²) in [6, 6.07) is 9.46. The zero-order chi connectivity index (χ0) is 17.8. The highest BCUT2D eigenvalue weighted by molar-refractivity contribution is 7.25. The van der Waals surface area contributed by atoms with E-state index in [0.717, 1.165) is 32.6 Å². The van der Waals surface area contributed by atoms with Crippen molar-refractivity contribution in [2.75, 3.05) is 19.0 Å². The van der Waals surface area contributed by atoms with Crippen molar-refractivity contribution in [2.24, 2.45) is 0 Å². The molecule has 0 spiro atoms. The van der Waals surface area contributed by atoms with Crippen molar-refractivity contribution in [3.63, 3.8) is 0 Å². The molecule has 0 N–H and O–H groups in total. The smallest absolute Gasteiger partial charge is 0.275 e. The Labute approximate surface area is 151 Å². The van der Waals surface area contributed by atoms with E-state index in [0.29, 0.717) is 10.2 Å². The van der Waals surface area contributed by atoms with Crippen LogP contribution in [0.3, 0.4) is 0 Å². The summed E-state index contributed by atoms with van der Waals surface area (Å²) in [4.78, 5) is 25.0. The van der Waals surface area contributed by atoms with Crippen LogP contribution < -0.4 is 10.5 Å². The summed E-state index contributed by atoms with van der Waals surface area (Å²) in [6.07, 6.45) is 4.99. The van der Waals surface area contributed by atoms with Crippen molar-refractivity contribution in [1.29, 1.82) is 0 Å². The van der Waals surface area contributed by atoms with Crippen LogP contribution in [0.1, 0.15) is 0 Å². The topological polar surface area (TPSA) is 64.2 Å². The number of hydrogen-bond acceptors (Lipinski definition) is 6. The summed E-state index contributed by atoms with van der Waals surface area (Å²) in [5.74, 6) is 0. The molecule has 0 aliphatic rings. The van der Waals surface area contributed by atoms with E-state index >= 15 is 0 Å². The molecule has 128 valence electrons. The standard InChI is InChI=1S/C19H14N4O2S/c1-22(2)13-5-7-20-18-15(13)16-17(26-18)19(24)23(10-21-16)12-3-4-14-11(9-12)6-8-25-14/h3-10H,1-2H3. The van der Waals surface area contributed by atoms with Gasteiger partial charge in [0.15, 0.2) is 0 Å². The van der Waals surface area contributed by atoms with Crippen molar-refractivity contribution < 1.29 is 4.42 Å². The SMILES string of the molecule is CN(C)c1ccnc2sc3c(=O)n(-c4ccc5occc5c4)cnc3c12. The van der Waals surface area contributed by atoms with Crippen molar-refractivity contribution in [2.45, 2.75) is 0 Å². The molecule has 0 atom stereocenters. The lowest BCUT2D eigenvalue weighted by atomic mass is 10.2. The van der Waals surface area contributed by atoms with Crippen molar-refractivity contribution >= 4 is 48.4 Å². The average molecular weight is 362 g/mol. The van der Waals surface area contributed by atoms with E-state index in [1.165, 1.54) is 11.3 Å². The molecular formula is C19H14N4O2S. The van der Waals surface area contributed by atoms with Gasteiger partial charge in [0, 0.05) is 25.7 Å². The fourth-order valence-electron chi connectivity index (χ4n) is 3.20. The number of hydrogen-bond donors (Lipinski definition) is 0. The van der Waals surface area contributed by atoms with E-state index in [4.69, 9.17) is 4.42 Å². The van der Waals surface area contributed by atoms with Gasteiger partial charge < -0.3 is 9.32 Å². The molecule has 0 aliphatic carbocycles. The normalized spacial score (nSPS) is 11.6. The molecular weight excluding hydrogens is 348 g/mol. The van der Waals surface area contributed by atoms with Gasteiger partial charge in [-0.3, -0.25) is 9.36 Å². The highest BCUT2D eigenvalue weighted by Gasteiger charge is 2.17. The first kappa shape index (κ1) is 15.1. The Bertz CT molecular complexity index is 1350. The molecule has 0 aliphatic heterocycles. The van der Waals surface area contributed by atoms with E-state index < -0.39 is 0 Å². The number of fused-ring (bicyclic) bond motifs is 4. The lowest BCUT2D eigenvalue weighted by Gasteiger charge is -2.13. The van der Waals surface area contributed by atoms with Gasteiger partial charge in [-0.25, -0.2) is 9.97 Å². The van der Waals surface area contributed by atoms with Gasteiger partial charge in [-0.1, -0.05) is 0 Å². The first-order valence-electron chi connectivity index (χ1n) is 8.07. The lowest BCUT2D eigenvalue weighted by molar-refractivity contribution is 0.616. The number of pyridine rings is 1. The van der Waals surface area contributed by atoms with Crippen LogP contribution in [-0.2, 0) is 0 Å². The maximum absolute atomic E-state index is 13.1. The predicted octanol–water partition coefficient (Wildman–Crippen LogP) is 3.81. The highest BCUT2D eigenvalue weighted by Crippen LogP contribution is 2.35. The van der Waals surface area contributed by atoms with Crippen LogP contribution in [0.5, 0.6) is 0 Å². The van der Waals surface area contributed by atoms with Gasteiger partial charge in [0.2, 0.25) is 0 Å². The van der Waals surface area contributed by atoms with E-state index in [9.17, 15) is 4.79 Å². The van der Waals surface area contributed by atoms with Gasteiger partial charge in [0.05, 0.1) is 28.5 Å². The summed E-state index contributed by atoms with van der Waals surface area (Å²) in [7, 11) is 3.94. The number of benzene rings is 1. The predicted molar refractivity (Wildman–Crippen MR) is 105 cm³/mol. The summed E-state index contributed by atoms with van der Waals surface area (Å²) < 4.78 is 7.55. The molecule has 0 saturated carbocycles. The van der Waals surface area contributed by atoms with E-state index in [1.807, 2.05) is 49.3 Å². The second kappa shape index (κ2) is 5.40. The molecule has 7 heteroatoms. The molecule has 0 saturated heterocycles. The average Bonchev–Trinajstić information content (AvgIpc) is 3.25. The molecule has 0 bridgehead atoms. The van der Waals surface area contributed by atoms with Gasteiger partial charge in [-0.15, -0.1) is 11.3 Å². The van der Waals surface area contributed by atoms with Crippen molar-refractivity contribution in [3.8, 4) is 5.69 Å². The number of aromatic nitrogens is 3. The van der Waals surface area contributed by atoms with Crippen LogP contribution in [0.25, 0.3) is 37.1 Å². The summed E-state index contributed by atoms with van der Waals surface area (Å²) in [5, 5.41) is 1.87. The lowest BCUT2D eigenvalue weighted by Crippen LogP contribution is -2.17. The first-order chi connectivity index (χ1) is 12.6. The molecule has 5 aromatic rings. The maximum Gasteiger partial charge on any atom is 0.275 e. The number of thiophene rings is 1. The number of rotatable bonds is 2. The minimum atomic E-state index is -0.0921. The van der Waals surface area contributed by atoms with Gasteiger partial charge in [0.25, 0.3) is 5.56 Å². The summed E-state index contributed by atoms with van der Waals surface area (Å²) in [5.41, 5.74) is 3.16. The molecule has 26 heavy (non-hydrogen) atoms. The van der Waals surface area contributed by atoms with Crippen molar-refractivity contribution in [1.82, 2.24) is 14.5 Å². The number of anilines is 1. The minimum Gasteiger partial charge on any atom is -0.464 e. The third-order valence-electron chi connectivity index (χ3n) is 4.46. The van der Waals surface area contributed by atoms with Crippen LogP contribution in [0.2, 0.25) is 0 Å². The molecule has 4 aromatic heterocycles. The van der Waals surface area contributed by atoms with Crippen LogP contribution in [-0.4, -0.2) is 28.6 Å². The molecule has 0 fully saturated rings. The number of nitrogens with zero attached hydrogens (tertiary/aromatic N) is 4. The van der Waals surface area contributed by atoms with Crippen LogP contribution in [0, 0.1) is 0 Å². The Morgan fingerprint density at radius 3 is 2.88 bits per heavy atom. The first-order valence-corrected chi connectivity index (χ1v) is 8.89. The third-order valence-corrected chi connectivity index (χ3v) is 5.53. The quantitative estimate of drug-likeness (QED) is 0.478. The van der Waals surface area contributed by atoms with E-state index in [-0.39, 0.29) is 5.56 Å². The zero-order valence-electron chi connectivity index (χ0n) is 14.1. The fraction of sp³-hybridized carbons (Fsp3) is 0.105. The summed E-state index contributed by atoms with van der Waals surface area (Å²) >= 11 is 1.38.